The van der Waals surface area contributed by atoms with Gasteiger partial charge in [-0.25, -0.2) is 4.57 Å². The third-order valence-corrected chi connectivity index (χ3v) is 10.2. The fourth-order valence-corrected chi connectivity index (χ4v) is 6.39. The summed E-state index contributed by atoms with van der Waals surface area (Å²) in [5, 5.41) is 0. The average molecular weight is 795 g/mol. The number of esters is 1. The van der Waals surface area contributed by atoms with E-state index in [1.165, 1.54) is 109 Å². The van der Waals surface area contributed by atoms with Gasteiger partial charge in [0.2, 0.25) is 0 Å². The lowest BCUT2D eigenvalue weighted by atomic mass is 10.0. The first kappa shape index (κ1) is 53.0. The molecule has 8 nitrogen and oxygen atoms in total. The van der Waals surface area contributed by atoms with Gasteiger partial charge in [0.15, 0.2) is 6.10 Å². The van der Waals surface area contributed by atoms with E-state index in [2.05, 4.69) is 62.5 Å². The standard InChI is InChI=1S/C46H84NO7P/c1-6-8-10-12-14-16-18-20-22-24-25-27-29-31-33-35-37-39-46(48)52-43-45(44-54-55(49,50)53-42-40-47(3,4)5)51-41-38-36-34-32-30-28-26-23-21-19-17-15-13-11-9-7-2/h14,16,20,22,25,27,31,33,38,41,45H,6-13,15,17-19,21,23-24,26,28-30,32,34-37,39-40,42-44H2,1-5H3/p+1/b16-14-,22-20-,27-25-,33-31-,41-38-. The van der Waals surface area contributed by atoms with Crippen LogP contribution in [0.2, 0.25) is 0 Å². The smallest absolute Gasteiger partial charge is 0.472 e. The summed E-state index contributed by atoms with van der Waals surface area (Å²) in [4.78, 5) is 22.6. The van der Waals surface area contributed by atoms with Crippen LogP contribution in [0, 0.1) is 0 Å². The number of ether oxygens (including phenoxy) is 2. The average Bonchev–Trinajstić information content (AvgIpc) is 3.14. The topological polar surface area (TPSA) is 91.3 Å². The molecule has 0 spiro atoms. The Labute approximate surface area is 339 Å². The normalized spacial score (nSPS) is 14.3. The van der Waals surface area contributed by atoms with E-state index in [1.54, 1.807) is 6.26 Å². The zero-order valence-electron chi connectivity index (χ0n) is 36.1. The SMILES string of the molecule is CCCCC/C=C\C/C=C\C/C=C\C/C=C\CCCC(=O)OCC(COP(=O)(O)OCC[N+](C)(C)C)O/C=C\CCCCCCCCCCCCCCCC. The number of quaternary nitrogens is 1. The van der Waals surface area contributed by atoms with Crippen molar-refractivity contribution in [3.8, 4) is 0 Å². The minimum atomic E-state index is -4.28. The second-order valence-electron chi connectivity index (χ2n) is 15.8. The summed E-state index contributed by atoms with van der Waals surface area (Å²) in [6.07, 6.45) is 49.3. The molecular weight excluding hydrogens is 709 g/mol. The summed E-state index contributed by atoms with van der Waals surface area (Å²) < 4.78 is 34.7. The molecule has 0 aliphatic carbocycles. The van der Waals surface area contributed by atoms with E-state index in [0.29, 0.717) is 17.4 Å². The Morgan fingerprint density at radius 2 is 1.02 bits per heavy atom. The van der Waals surface area contributed by atoms with Crippen molar-refractivity contribution in [1.82, 2.24) is 0 Å². The third-order valence-electron chi connectivity index (χ3n) is 9.17. The number of rotatable bonds is 40. The van der Waals surface area contributed by atoms with Gasteiger partial charge in [0, 0.05) is 6.42 Å². The highest BCUT2D eigenvalue weighted by Crippen LogP contribution is 2.43. The molecule has 2 unspecified atom stereocenters. The van der Waals surface area contributed by atoms with Crippen molar-refractivity contribution in [2.24, 2.45) is 0 Å². The zero-order chi connectivity index (χ0) is 40.6. The van der Waals surface area contributed by atoms with Crippen LogP contribution in [-0.2, 0) is 27.9 Å². The largest absolute Gasteiger partial charge is 0.492 e. The predicted octanol–water partition coefficient (Wildman–Crippen LogP) is 13.3. The number of likely N-dealkylation sites (N-methyl/N-ethyl adjacent to an activating group) is 1. The summed E-state index contributed by atoms with van der Waals surface area (Å²) in [5.41, 5.74) is 0. The van der Waals surface area contributed by atoms with Gasteiger partial charge in [-0.15, -0.1) is 0 Å². The fourth-order valence-electron chi connectivity index (χ4n) is 5.65. The van der Waals surface area contributed by atoms with Gasteiger partial charge in [-0.3, -0.25) is 13.8 Å². The quantitative estimate of drug-likeness (QED) is 0.0165. The molecule has 0 bridgehead atoms. The fraction of sp³-hybridized carbons (Fsp3) is 0.761. The number of carbonyl (C=O) groups is 1. The Morgan fingerprint density at radius 1 is 0.582 bits per heavy atom. The zero-order valence-corrected chi connectivity index (χ0v) is 37.0. The predicted molar refractivity (Wildman–Crippen MR) is 233 cm³/mol. The maximum Gasteiger partial charge on any atom is 0.472 e. The monoisotopic (exact) mass is 795 g/mol. The van der Waals surface area contributed by atoms with Crippen molar-refractivity contribution >= 4 is 13.8 Å². The van der Waals surface area contributed by atoms with Crippen LogP contribution in [0.5, 0.6) is 0 Å². The van der Waals surface area contributed by atoms with Crippen LogP contribution in [0.25, 0.3) is 0 Å². The Bertz CT molecular complexity index is 1060. The number of phosphoric ester groups is 1. The van der Waals surface area contributed by atoms with E-state index >= 15 is 0 Å². The van der Waals surface area contributed by atoms with Crippen LogP contribution < -0.4 is 0 Å². The van der Waals surface area contributed by atoms with Gasteiger partial charge in [0.1, 0.15) is 19.8 Å². The van der Waals surface area contributed by atoms with Crippen molar-refractivity contribution in [3.63, 3.8) is 0 Å². The van der Waals surface area contributed by atoms with Gasteiger partial charge in [-0.2, -0.15) is 0 Å². The molecule has 0 amide bonds. The molecule has 2 atom stereocenters. The molecule has 1 N–H and O–H groups in total. The van der Waals surface area contributed by atoms with Crippen molar-refractivity contribution in [2.75, 3.05) is 47.5 Å². The molecular formula is C46H85NO7P+. The van der Waals surface area contributed by atoms with Gasteiger partial charge in [0.05, 0.1) is 34.0 Å². The summed E-state index contributed by atoms with van der Waals surface area (Å²) in [6, 6.07) is 0. The van der Waals surface area contributed by atoms with Gasteiger partial charge >= 0.3 is 13.8 Å². The Kier molecular flexibility index (Phi) is 37.5. The first-order valence-electron chi connectivity index (χ1n) is 22.1. The minimum absolute atomic E-state index is 0.0781. The summed E-state index contributed by atoms with van der Waals surface area (Å²) in [6.45, 7) is 4.81. The highest BCUT2D eigenvalue weighted by atomic mass is 31.2. The molecule has 0 saturated carbocycles. The maximum absolute atomic E-state index is 12.5. The molecule has 0 aromatic heterocycles. The summed E-state index contributed by atoms with van der Waals surface area (Å²) >= 11 is 0. The number of hydrogen-bond acceptors (Lipinski definition) is 6. The lowest BCUT2D eigenvalue weighted by Crippen LogP contribution is -2.37. The molecule has 0 saturated heterocycles. The number of hydrogen-bond donors (Lipinski definition) is 1. The Hall–Kier alpha value is -1.96. The molecule has 0 heterocycles. The van der Waals surface area contributed by atoms with Gasteiger partial charge < -0.3 is 18.9 Å². The molecule has 9 heteroatoms. The third kappa shape index (κ3) is 43.0. The highest BCUT2D eigenvalue weighted by molar-refractivity contribution is 7.47. The minimum Gasteiger partial charge on any atom is -0.492 e. The molecule has 0 aromatic carbocycles. The van der Waals surface area contributed by atoms with Gasteiger partial charge in [-0.05, 0) is 63.9 Å². The number of nitrogens with zero attached hydrogens (tertiary/aromatic N) is 1. The number of phosphoric acid groups is 1. The number of carbonyl (C=O) groups excluding carboxylic acids is 1. The van der Waals surface area contributed by atoms with E-state index < -0.39 is 13.9 Å². The van der Waals surface area contributed by atoms with E-state index in [0.717, 1.165) is 38.5 Å². The molecule has 55 heavy (non-hydrogen) atoms. The molecule has 0 rings (SSSR count). The lowest BCUT2D eigenvalue weighted by Gasteiger charge is -2.24. The van der Waals surface area contributed by atoms with Gasteiger partial charge in [0.25, 0.3) is 0 Å². The second kappa shape index (κ2) is 38.9. The van der Waals surface area contributed by atoms with E-state index in [9.17, 15) is 14.3 Å². The summed E-state index contributed by atoms with van der Waals surface area (Å²) in [7, 11) is 1.64. The second-order valence-corrected chi connectivity index (χ2v) is 17.2. The van der Waals surface area contributed by atoms with Crippen LogP contribution in [-0.4, -0.2) is 69.0 Å². The molecule has 0 aliphatic heterocycles. The number of allylic oxidation sites excluding steroid dienone is 9. The number of unbranched alkanes of at least 4 members (excludes halogenated alkanes) is 18. The van der Waals surface area contributed by atoms with Crippen LogP contribution in [0.15, 0.2) is 60.9 Å². The molecule has 0 radical (unpaired) electrons. The van der Waals surface area contributed by atoms with Crippen LogP contribution in [0.3, 0.4) is 0 Å². The summed E-state index contributed by atoms with van der Waals surface area (Å²) in [5.74, 6) is -0.331. The first-order chi connectivity index (χ1) is 26.6. The maximum atomic E-state index is 12.5. The van der Waals surface area contributed by atoms with Crippen molar-refractivity contribution in [1.29, 1.82) is 0 Å². The van der Waals surface area contributed by atoms with Crippen LogP contribution in [0.1, 0.15) is 174 Å². The van der Waals surface area contributed by atoms with Crippen molar-refractivity contribution in [2.45, 2.75) is 180 Å². The first-order valence-corrected chi connectivity index (χ1v) is 23.6. The van der Waals surface area contributed by atoms with Gasteiger partial charge in [-0.1, -0.05) is 159 Å². The van der Waals surface area contributed by atoms with Crippen molar-refractivity contribution in [3.05, 3.63) is 60.9 Å². The van der Waals surface area contributed by atoms with Crippen LogP contribution in [0.4, 0.5) is 0 Å². The molecule has 320 valence electrons. The van der Waals surface area contributed by atoms with Crippen molar-refractivity contribution < 1.29 is 37.3 Å². The van der Waals surface area contributed by atoms with Crippen LogP contribution >= 0.6 is 7.82 Å². The highest BCUT2D eigenvalue weighted by Gasteiger charge is 2.25. The molecule has 0 fully saturated rings. The Morgan fingerprint density at radius 3 is 1.55 bits per heavy atom. The van der Waals surface area contributed by atoms with E-state index in [1.807, 2.05) is 27.2 Å². The Balaban J connectivity index is 4.38. The van der Waals surface area contributed by atoms with E-state index in [-0.39, 0.29) is 32.2 Å². The lowest BCUT2D eigenvalue weighted by molar-refractivity contribution is -0.870. The molecule has 0 aromatic rings. The molecule has 0 aliphatic rings. The van der Waals surface area contributed by atoms with E-state index in [4.69, 9.17) is 18.5 Å².